The molecule has 0 bridgehead atoms. The first-order valence-electron chi connectivity index (χ1n) is 8.77. The molecule has 0 aliphatic rings. The molecular formula is C20H18ClFN2O5S2. The molecule has 0 aliphatic heterocycles. The van der Waals surface area contributed by atoms with Crippen molar-refractivity contribution in [3.63, 3.8) is 0 Å². The van der Waals surface area contributed by atoms with E-state index in [4.69, 9.17) is 16.3 Å². The van der Waals surface area contributed by atoms with Gasteiger partial charge in [0.1, 0.15) is 11.6 Å². The molecule has 0 aliphatic carbocycles. The minimum absolute atomic E-state index is 0.0538. The molecule has 2 N–H and O–H groups in total. The summed E-state index contributed by atoms with van der Waals surface area (Å²) in [6.45, 7) is 1.61. The summed E-state index contributed by atoms with van der Waals surface area (Å²) in [5.41, 5.74) is 0.850. The van der Waals surface area contributed by atoms with Gasteiger partial charge in [0.2, 0.25) is 0 Å². The number of anilines is 2. The second-order valence-electron chi connectivity index (χ2n) is 6.49. The van der Waals surface area contributed by atoms with E-state index in [0.29, 0.717) is 17.0 Å². The summed E-state index contributed by atoms with van der Waals surface area (Å²) < 4.78 is 74.0. The first kappa shape index (κ1) is 22.9. The van der Waals surface area contributed by atoms with Crippen molar-refractivity contribution in [2.45, 2.75) is 16.7 Å². The molecule has 31 heavy (non-hydrogen) atoms. The van der Waals surface area contributed by atoms with Gasteiger partial charge >= 0.3 is 0 Å². The number of sulfonamides is 2. The van der Waals surface area contributed by atoms with Crippen molar-refractivity contribution in [2.75, 3.05) is 16.6 Å². The maximum absolute atomic E-state index is 13.4. The van der Waals surface area contributed by atoms with E-state index in [9.17, 15) is 21.2 Å². The predicted octanol–water partition coefficient (Wildman–Crippen LogP) is 4.40. The van der Waals surface area contributed by atoms with E-state index in [1.165, 1.54) is 37.4 Å². The fourth-order valence-electron chi connectivity index (χ4n) is 2.60. The Morgan fingerprint density at radius 1 is 0.839 bits per heavy atom. The van der Waals surface area contributed by atoms with E-state index in [2.05, 4.69) is 9.44 Å². The highest BCUT2D eigenvalue weighted by Gasteiger charge is 2.20. The third-order valence-corrected chi connectivity index (χ3v) is 7.34. The Morgan fingerprint density at radius 3 is 2.03 bits per heavy atom. The predicted molar refractivity (Wildman–Crippen MR) is 117 cm³/mol. The molecule has 164 valence electrons. The van der Waals surface area contributed by atoms with Crippen LogP contribution in [0.15, 0.2) is 70.5 Å². The van der Waals surface area contributed by atoms with E-state index in [1.54, 1.807) is 19.1 Å². The molecule has 3 aromatic carbocycles. The molecule has 0 unspecified atom stereocenters. The van der Waals surface area contributed by atoms with Crippen LogP contribution in [0.3, 0.4) is 0 Å². The van der Waals surface area contributed by atoms with Gasteiger partial charge in [-0.1, -0.05) is 17.7 Å². The van der Waals surface area contributed by atoms with Crippen LogP contribution in [0, 0.1) is 12.7 Å². The summed E-state index contributed by atoms with van der Waals surface area (Å²) in [7, 11) is -6.64. The van der Waals surface area contributed by atoms with Gasteiger partial charge < -0.3 is 4.74 Å². The van der Waals surface area contributed by atoms with Gasteiger partial charge in [0.25, 0.3) is 20.0 Å². The van der Waals surface area contributed by atoms with Gasteiger partial charge in [0.15, 0.2) is 0 Å². The molecular weight excluding hydrogens is 467 g/mol. The lowest BCUT2D eigenvalue weighted by atomic mass is 10.2. The SMILES string of the molecule is COc1ccc(NS(=O)(=O)c2ccc(C)c(NS(=O)(=O)c3ccc(F)c(Cl)c3)c2)cc1. The standard InChI is InChI=1S/C20H18ClFN2O5S2/c1-13-3-8-17(30(25,26)23-14-4-6-15(29-2)7-5-14)12-20(13)24-31(27,28)16-9-10-19(22)18(21)11-16/h3-12,23-24H,1-2H3. The molecule has 0 fully saturated rings. The fraction of sp³-hybridized carbons (Fsp3) is 0.100. The van der Waals surface area contributed by atoms with Crippen LogP contribution in [0.25, 0.3) is 0 Å². The van der Waals surface area contributed by atoms with Crippen LogP contribution in [0.4, 0.5) is 15.8 Å². The van der Waals surface area contributed by atoms with E-state index in [1.807, 2.05) is 0 Å². The zero-order valence-electron chi connectivity index (χ0n) is 16.4. The van der Waals surface area contributed by atoms with Crippen molar-refractivity contribution < 1.29 is 26.0 Å². The van der Waals surface area contributed by atoms with Crippen molar-refractivity contribution in [1.29, 1.82) is 0 Å². The van der Waals surface area contributed by atoms with E-state index in [0.717, 1.165) is 18.2 Å². The highest BCUT2D eigenvalue weighted by molar-refractivity contribution is 7.93. The number of hydrogen-bond donors (Lipinski definition) is 2. The lowest BCUT2D eigenvalue weighted by Gasteiger charge is -2.14. The molecule has 0 aromatic heterocycles. The number of methoxy groups -OCH3 is 1. The summed E-state index contributed by atoms with van der Waals surface area (Å²) in [4.78, 5) is -0.410. The molecule has 3 aromatic rings. The molecule has 0 heterocycles. The van der Waals surface area contributed by atoms with Gasteiger partial charge in [0.05, 0.1) is 27.6 Å². The Morgan fingerprint density at radius 2 is 1.42 bits per heavy atom. The molecule has 0 amide bonds. The molecule has 3 rings (SSSR count). The second-order valence-corrected chi connectivity index (χ2v) is 10.3. The number of hydrogen-bond acceptors (Lipinski definition) is 5. The highest BCUT2D eigenvalue weighted by atomic mass is 35.5. The normalized spacial score (nSPS) is 11.7. The maximum Gasteiger partial charge on any atom is 0.261 e. The van der Waals surface area contributed by atoms with E-state index < -0.39 is 25.9 Å². The van der Waals surface area contributed by atoms with Crippen molar-refractivity contribution in [3.8, 4) is 5.75 Å². The number of ether oxygens (including phenoxy) is 1. The minimum Gasteiger partial charge on any atom is -0.497 e. The van der Waals surface area contributed by atoms with Crippen molar-refractivity contribution in [3.05, 3.63) is 77.1 Å². The quantitative estimate of drug-likeness (QED) is 0.517. The Kier molecular flexibility index (Phi) is 6.44. The minimum atomic E-state index is -4.13. The average Bonchev–Trinajstić information content (AvgIpc) is 2.71. The number of halogens is 2. The van der Waals surface area contributed by atoms with Gasteiger partial charge in [-0.15, -0.1) is 0 Å². The summed E-state index contributed by atoms with van der Waals surface area (Å²) in [5, 5.41) is -0.348. The van der Waals surface area contributed by atoms with Gasteiger partial charge in [-0.05, 0) is 67.1 Å². The fourth-order valence-corrected chi connectivity index (χ4v) is 5.08. The number of aryl methyl sites for hydroxylation is 1. The van der Waals surface area contributed by atoms with Crippen LogP contribution in [-0.4, -0.2) is 23.9 Å². The summed E-state index contributed by atoms with van der Waals surface area (Å²) in [6, 6.07) is 13.3. The summed E-state index contributed by atoms with van der Waals surface area (Å²) >= 11 is 5.67. The molecule has 0 saturated carbocycles. The zero-order valence-corrected chi connectivity index (χ0v) is 18.8. The van der Waals surface area contributed by atoms with Gasteiger partial charge in [-0.2, -0.15) is 0 Å². The van der Waals surface area contributed by atoms with Crippen LogP contribution in [0.1, 0.15) is 5.56 Å². The highest BCUT2D eigenvalue weighted by Crippen LogP contribution is 2.27. The molecule has 0 spiro atoms. The van der Waals surface area contributed by atoms with Crippen LogP contribution in [0.2, 0.25) is 5.02 Å². The number of nitrogens with one attached hydrogen (secondary N) is 2. The molecule has 7 nitrogen and oxygen atoms in total. The summed E-state index contributed by atoms with van der Waals surface area (Å²) in [5.74, 6) is -0.189. The largest absolute Gasteiger partial charge is 0.497 e. The van der Waals surface area contributed by atoms with Crippen LogP contribution >= 0.6 is 11.6 Å². The zero-order chi connectivity index (χ0) is 22.8. The van der Waals surface area contributed by atoms with Crippen LogP contribution < -0.4 is 14.2 Å². The third-order valence-electron chi connectivity index (χ3n) is 4.31. The van der Waals surface area contributed by atoms with Crippen LogP contribution in [-0.2, 0) is 20.0 Å². The second kappa shape index (κ2) is 8.74. The Hall–Kier alpha value is -2.82. The van der Waals surface area contributed by atoms with E-state index in [-0.39, 0.29) is 20.5 Å². The average molecular weight is 485 g/mol. The third kappa shape index (κ3) is 5.27. The lowest BCUT2D eigenvalue weighted by molar-refractivity contribution is 0.415. The number of benzene rings is 3. The first-order chi connectivity index (χ1) is 14.5. The van der Waals surface area contributed by atoms with Crippen molar-refractivity contribution in [2.24, 2.45) is 0 Å². The Bertz CT molecular complexity index is 1330. The Balaban J connectivity index is 1.90. The van der Waals surface area contributed by atoms with Crippen LogP contribution in [0.5, 0.6) is 5.75 Å². The summed E-state index contributed by atoms with van der Waals surface area (Å²) in [6.07, 6.45) is 0. The van der Waals surface area contributed by atoms with Crippen molar-refractivity contribution >= 4 is 43.0 Å². The Labute approximate surface area is 184 Å². The van der Waals surface area contributed by atoms with Gasteiger partial charge in [0, 0.05) is 5.69 Å². The molecule has 0 radical (unpaired) electrons. The van der Waals surface area contributed by atoms with Gasteiger partial charge in [-0.25, -0.2) is 21.2 Å². The smallest absolute Gasteiger partial charge is 0.261 e. The molecule has 0 saturated heterocycles. The first-order valence-corrected chi connectivity index (χ1v) is 12.1. The number of rotatable bonds is 7. The van der Waals surface area contributed by atoms with E-state index >= 15 is 0 Å². The van der Waals surface area contributed by atoms with Crippen molar-refractivity contribution in [1.82, 2.24) is 0 Å². The lowest BCUT2D eigenvalue weighted by Crippen LogP contribution is -2.16. The topological polar surface area (TPSA) is 102 Å². The molecule has 0 atom stereocenters. The van der Waals surface area contributed by atoms with Gasteiger partial charge in [-0.3, -0.25) is 9.44 Å². The monoisotopic (exact) mass is 484 g/mol. The maximum atomic E-state index is 13.4. The molecule has 11 heteroatoms.